The average Bonchev–Trinajstić information content (AvgIpc) is 2.71. The fraction of sp³-hybridized carbons (Fsp3) is 0.300. The molecule has 1 aromatic heterocycles. The van der Waals surface area contributed by atoms with Crippen LogP contribution in [0.3, 0.4) is 0 Å². The molecule has 1 heterocycles. The van der Waals surface area contributed by atoms with Crippen LogP contribution >= 0.6 is 27.3 Å². The number of esters is 1. The fourth-order valence-electron chi connectivity index (χ4n) is 1.07. The zero-order chi connectivity index (χ0) is 12.1. The Kier molecular flexibility index (Phi) is 4.65. The summed E-state index contributed by atoms with van der Waals surface area (Å²) in [7, 11) is 1.19. The molecule has 1 rings (SSSR count). The first-order valence-corrected chi connectivity index (χ1v) is 5.95. The van der Waals surface area contributed by atoms with E-state index in [-0.39, 0.29) is 12.2 Å². The number of nitrogens with zero attached hydrogens (tertiary/aromatic N) is 1. The monoisotopic (exact) mass is 301 g/mol. The summed E-state index contributed by atoms with van der Waals surface area (Å²) in [4.78, 5) is 23.3. The van der Waals surface area contributed by atoms with E-state index in [1.807, 2.05) is 0 Å². The molecule has 1 aromatic rings. The number of carbonyl (C=O) groups is 2. The van der Waals surface area contributed by atoms with Crippen LogP contribution in [0.5, 0.6) is 0 Å². The number of carbonyl (C=O) groups excluding carboxylic acids is 2. The summed E-state index contributed by atoms with van der Waals surface area (Å²) in [6.07, 6.45) is -0.143. The van der Waals surface area contributed by atoms with Crippen LogP contribution in [-0.4, -0.2) is 18.9 Å². The molecule has 16 heavy (non-hydrogen) atoms. The van der Waals surface area contributed by atoms with Gasteiger partial charge in [0.15, 0.2) is 11.7 Å². The number of ether oxygens (including phenoxy) is 1. The number of Topliss-reactive ketones (excluding diaryl/α,β-unsaturated/α-hetero) is 1. The average molecular weight is 302 g/mol. The Hall–Kier alpha value is -1.19. The fourth-order valence-corrected chi connectivity index (χ4v) is 2.41. The van der Waals surface area contributed by atoms with E-state index in [0.717, 1.165) is 3.79 Å². The molecule has 0 N–H and O–H groups in total. The molecule has 1 unspecified atom stereocenters. The van der Waals surface area contributed by atoms with Gasteiger partial charge in [-0.15, -0.1) is 11.3 Å². The molecule has 0 bridgehead atoms. The Balaban J connectivity index is 2.71. The van der Waals surface area contributed by atoms with Crippen LogP contribution in [0.2, 0.25) is 0 Å². The van der Waals surface area contributed by atoms with E-state index in [2.05, 4.69) is 20.7 Å². The molecule has 1 atom stereocenters. The standard InChI is InChI=1S/C10H8BrNO3S/c1-15-10(14)6(5-12)4-7(13)8-2-3-9(11)16-8/h2-3,6H,4H2,1H3. The third-order valence-electron chi connectivity index (χ3n) is 1.88. The van der Waals surface area contributed by atoms with Crippen molar-refractivity contribution in [1.82, 2.24) is 0 Å². The van der Waals surface area contributed by atoms with Crippen molar-refractivity contribution in [2.75, 3.05) is 7.11 Å². The van der Waals surface area contributed by atoms with Crippen molar-refractivity contribution in [3.63, 3.8) is 0 Å². The Bertz CT molecular complexity index is 449. The first-order valence-electron chi connectivity index (χ1n) is 4.34. The van der Waals surface area contributed by atoms with Crippen LogP contribution in [0.15, 0.2) is 15.9 Å². The Morgan fingerprint density at radius 3 is 2.75 bits per heavy atom. The summed E-state index contributed by atoms with van der Waals surface area (Å²) in [5.41, 5.74) is 0. The number of ketones is 1. The van der Waals surface area contributed by atoms with Crippen LogP contribution in [-0.2, 0) is 9.53 Å². The third kappa shape index (κ3) is 3.15. The maximum atomic E-state index is 11.7. The van der Waals surface area contributed by atoms with Gasteiger partial charge in [0.05, 0.1) is 21.8 Å². The number of rotatable bonds is 4. The molecule has 0 fully saturated rings. The van der Waals surface area contributed by atoms with Gasteiger partial charge >= 0.3 is 5.97 Å². The van der Waals surface area contributed by atoms with Gasteiger partial charge in [-0.3, -0.25) is 9.59 Å². The van der Waals surface area contributed by atoms with E-state index in [9.17, 15) is 9.59 Å². The predicted molar refractivity (Wildman–Crippen MR) is 62.1 cm³/mol. The molecule has 0 spiro atoms. The summed E-state index contributed by atoms with van der Waals surface area (Å²) in [6.45, 7) is 0. The van der Waals surface area contributed by atoms with Crippen LogP contribution in [0.4, 0.5) is 0 Å². The lowest BCUT2D eigenvalue weighted by Gasteiger charge is -2.04. The highest BCUT2D eigenvalue weighted by molar-refractivity contribution is 9.11. The molecule has 0 saturated heterocycles. The molecular weight excluding hydrogens is 294 g/mol. The highest BCUT2D eigenvalue weighted by atomic mass is 79.9. The van der Waals surface area contributed by atoms with Crippen molar-refractivity contribution >= 4 is 39.0 Å². The smallest absolute Gasteiger partial charge is 0.323 e. The van der Waals surface area contributed by atoms with Gasteiger partial charge < -0.3 is 4.74 Å². The quantitative estimate of drug-likeness (QED) is 0.632. The highest BCUT2D eigenvalue weighted by Gasteiger charge is 2.23. The number of hydrogen-bond donors (Lipinski definition) is 0. The van der Waals surface area contributed by atoms with E-state index in [1.54, 1.807) is 18.2 Å². The number of hydrogen-bond acceptors (Lipinski definition) is 5. The van der Waals surface area contributed by atoms with Gasteiger partial charge in [-0.1, -0.05) is 0 Å². The third-order valence-corrected chi connectivity index (χ3v) is 3.54. The second-order valence-electron chi connectivity index (χ2n) is 2.94. The summed E-state index contributed by atoms with van der Waals surface area (Å²) in [5.74, 6) is -1.93. The second kappa shape index (κ2) is 5.77. The van der Waals surface area contributed by atoms with Crippen LogP contribution in [0.1, 0.15) is 16.1 Å². The number of nitriles is 1. The summed E-state index contributed by atoms with van der Waals surface area (Å²) in [5, 5.41) is 8.72. The van der Waals surface area contributed by atoms with Crippen molar-refractivity contribution in [3.05, 3.63) is 20.8 Å². The number of halogens is 1. The van der Waals surface area contributed by atoms with Gasteiger partial charge in [0.1, 0.15) is 0 Å². The second-order valence-corrected chi connectivity index (χ2v) is 5.40. The highest BCUT2D eigenvalue weighted by Crippen LogP contribution is 2.24. The minimum absolute atomic E-state index is 0.143. The minimum Gasteiger partial charge on any atom is -0.468 e. The van der Waals surface area contributed by atoms with Gasteiger partial charge in [0, 0.05) is 6.42 Å². The largest absolute Gasteiger partial charge is 0.468 e. The van der Waals surface area contributed by atoms with Gasteiger partial charge in [-0.2, -0.15) is 5.26 Å². The van der Waals surface area contributed by atoms with E-state index >= 15 is 0 Å². The van der Waals surface area contributed by atoms with E-state index < -0.39 is 11.9 Å². The van der Waals surface area contributed by atoms with Gasteiger partial charge in [0.25, 0.3) is 0 Å². The van der Waals surface area contributed by atoms with Crippen LogP contribution < -0.4 is 0 Å². The molecule has 0 saturated carbocycles. The van der Waals surface area contributed by atoms with Gasteiger partial charge in [0.2, 0.25) is 0 Å². The zero-order valence-electron chi connectivity index (χ0n) is 8.40. The van der Waals surface area contributed by atoms with E-state index in [1.165, 1.54) is 18.4 Å². The van der Waals surface area contributed by atoms with Gasteiger partial charge in [-0.25, -0.2) is 0 Å². The number of thiophene rings is 1. The summed E-state index contributed by atoms with van der Waals surface area (Å²) in [6, 6.07) is 5.16. The molecule has 0 aliphatic rings. The normalized spacial score (nSPS) is 11.6. The van der Waals surface area contributed by atoms with Crippen molar-refractivity contribution < 1.29 is 14.3 Å². The van der Waals surface area contributed by atoms with Crippen molar-refractivity contribution in [2.24, 2.45) is 5.92 Å². The molecule has 4 nitrogen and oxygen atoms in total. The molecule has 6 heteroatoms. The predicted octanol–water partition coefficient (Wildman–Crippen LogP) is 2.40. The van der Waals surface area contributed by atoms with Crippen molar-refractivity contribution in [1.29, 1.82) is 5.26 Å². The minimum atomic E-state index is -1.03. The molecular formula is C10H8BrNO3S. The van der Waals surface area contributed by atoms with E-state index in [4.69, 9.17) is 5.26 Å². The molecule has 0 aliphatic carbocycles. The summed E-state index contributed by atoms with van der Waals surface area (Å²) < 4.78 is 5.26. The first-order chi connectivity index (χ1) is 7.58. The lowest BCUT2D eigenvalue weighted by molar-refractivity contribution is -0.143. The maximum absolute atomic E-state index is 11.7. The van der Waals surface area contributed by atoms with E-state index in [0.29, 0.717) is 4.88 Å². The molecule has 0 aliphatic heterocycles. The Morgan fingerprint density at radius 2 is 2.31 bits per heavy atom. The topological polar surface area (TPSA) is 67.2 Å². The molecule has 0 radical (unpaired) electrons. The SMILES string of the molecule is COC(=O)C(C#N)CC(=O)c1ccc(Br)s1. The summed E-state index contributed by atoms with van der Waals surface area (Å²) >= 11 is 4.51. The Morgan fingerprint density at radius 1 is 1.62 bits per heavy atom. The van der Waals surface area contributed by atoms with Crippen molar-refractivity contribution in [3.8, 4) is 6.07 Å². The Labute approximate surface area is 105 Å². The van der Waals surface area contributed by atoms with Crippen LogP contribution in [0.25, 0.3) is 0 Å². The lowest BCUT2D eigenvalue weighted by atomic mass is 10.0. The van der Waals surface area contributed by atoms with Crippen molar-refractivity contribution in [2.45, 2.75) is 6.42 Å². The maximum Gasteiger partial charge on any atom is 0.323 e. The van der Waals surface area contributed by atoms with Crippen LogP contribution in [0, 0.1) is 17.2 Å². The molecule has 0 aromatic carbocycles. The molecule has 84 valence electrons. The zero-order valence-corrected chi connectivity index (χ0v) is 10.8. The first kappa shape index (κ1) is 12.9. The number of methoxy groups -OCH3 is 1. The lowest BCUT2D eigenvalue weighted by Crippen LogP contribution is -2.17. The molecule has 0 amide bonds. The van der Waals surface area contributed by atoms with Gasteiger partial charge in [-0.05, 0) is 28.1 Å².